The molecule has 0 unspecified atom stereocenters. The van der Waals surface area contributed by atoms with E-state index in [0.29, 0.717) is 5.56 Å². The molecule has 0 amide bonds. The van der Waals surface area contributed by atoms with Gasteiger partial charge in [0, 0.05) is 18.3 Å². The highest BCUT2D eigenvalue weighted by atomic mass is 19.4. The lowest BCUT2D eigenvalue weighted by Gasteiger charge is -2.15. The Morgan fingerprint density at radius 2 is 1.94 bits per heavy atom. The molecule has 0 radical (unpaired) electrons. The van der Waals surface area contributed by atoms with E-state index in [2.05, 4.69) is 4.74 Å². The Labute approximate surface area is 90.2 Å². The van der Waals surface area contributed by atoms with Crippen LogP contribution in [-0.2, 0) is 0 Å². The van der Waals surface area contributed by atoms with Crippen LogP contribution in [0.2, 0.25) is 0 Å². The van der Waals surface area contributed by atoms with Crippen molar-refractivity contribution in [2.75, 3.05) is 12.3 Å². The van der Waals surface area contributed by atoms with E-state index in [1.165, 1.54) is 6.07 Å². The SMILES string of the molecule is NC[C@@H](N)c1cc(OC(F)(F)F)ccc1N. The van der Waals surface area contributed by atoms with Crippen LogP contribution in [0.25, 0.3) is 0 Å². The van der Waals surface area contributed by atoms with E-state index in [0.717, 1.165) is 12.1 Å². The van der Waals surface area contributed by atoms with Gasteiger partial charge in [0.05, 0.1) is 0 Å². The average Bonchev–Trinajstić information content (AvgIpc) is 2.18. The predicted octanol–water partition coefficient (Wildman–Crippen LogP) is 1.13. The Bertz CT molecular complexity index is 368. The number of hydrogen-bond acceptors (Lipinski definition) is 4. The molecule has 1 aromatic rings. The zero-order chi connectivity index (χ0) is 12.3. The van der Waals surface area contributed by atoms with Gasteiger partial charge in [0.1, 0.15) is 5.75 Å². The topological polar surface area (TPSA) is 87.3 Å². The first-order valence-corrected chi connectivity index (χ1v) is 4.44. The number of hydrogen-bond donors (Lipinski definition) is 3. The standard InChI is InChI=1S/C9H12F3N3O/c10-9(11,12)16-5-1-2-7(14)6(3-5)8(15)4-13/h1-3,8H,4,13-15H2/t8-/m1/s1. The third kappa shape index (κ3) is 3.28. The molecule has 0 saturated carbocycles. The molecular weight excluding hydrogens is 223 g/mol. The van der Waals surface area contributed by atoms with Gasteiger partial charge in [-0.05, 0) is 23.8 Å². The van der Waals surface area contributed by atoms with Crippen molar-refractivity contribution in [2.24, 2.45) is 11.5 Å². The zero-order valence-electron chi connectivity index (χ0n) is 8.29. The molecule has 0 fully saturated rings. The third-order valence-corrected chi connectivity index (χ3v) is 1.95. The minimum absolute atomic E-state index is 0.0830. The number of alkyl halides is 3. The van der Waals surface area contributed by atoms with Crippen molar-refractivity contribution in [1.29, 1.82) is 0 Å². The fraction of sp³-hybridized carbons (Fsp3) is 0.333. The predicted molar refractivity (Wildman–Crippen MR) is 53.5 cm³/mol. The lowest BCUT2D eigenvalue weighted by atomic mass is 10.1. The molecule has 1 rings (SSSR count). The van der Waals surface area contributed by atoms with Crippen LogP contribution >= 0.6 is 0 Å². The van der Waals surface area contributed by atoms with E-state index < -0.39 is 12.4 Å². The number of halogens is 3. The maximum atomic E-state index is 11.9. The van der Waals surface area contributed by atoms with E-state index in [-0.39, 0.29) is 18.0 Å². The molecule has 0 heterocycles. The number of ether oxygens (including phenoxy) is 1. The molecule has 1 aromatic carbocycles. The fourth-order valence-electron chi connectivity index (χ4n) is 1.20. The summed E-state index contributed by atoms with van der Waals surface area (Å²) in [6.45, 7) is 0.0830. The molecule has 0 aromatic heterocycles. The molecular formula is C9H12F3N3O. The largest absolute Gasteiger partial charge is 0.573 e. The highest BCUT2D eigenvalue weighted by molar-refractivity contribution is 5.52. The molecule has 16 heavy (non-hydrogen) atoms. The Morgan fingerprint density at radius 3 is 2.44 bits per heavy atom. The average molecular weight is 235 g/mol. The van der Waals surface area contributed by atoms with Crippen molar-refractivity contribution in [3.05, 3.63) is 23.8 Å². The Balaban J connectivity index is 2.98. The molecule has 0 bridgehead atoms. The monoisotopic (exact) mass is 235 g/mol. The number of rotatable bonds is 3. The molecule has 4 nitrogen and oxygen atoms in total. The van der Waals surface area contributed by atoms with Gasteiger partial charge in [0.15, 0.2) is 0 Å². The second-order valence-electron chi connectivity index (χ2n) is 3.18. The summed E-state index contributed by atoms with van der Waals surface area (Å²) in [6.07, 6.45) is -4.74. The number of benzene rings is 1. The first kappa shape index (κ1) is 12.6. The van der Waals surface area contributed by atoms with Crippen LogP contribution in [-0.4, -0.2) is 12.9 Å². The summed E-state index contributed by atoms with van der Waals surface area (Å²) in [5.41, 5.74) is 17.1. The van der Waals surface area contributed by atoms with Crippen molar-refractivity contribution < 1.29 is 17.9 Å². The maximum absolute atomic E-state index is 11.9. The number of anilines is 1. The first-order valence-electron chi connectivity index (χ1n) is 4.44. The molecule has 7 heteroatoms. The first-order chi connectivity index (χ1) is 7.33. The van der Waals surface area contributed by atoms with Crippen LogP contribution in [0, 0.1) is 0 Å². The maximum Gasteiger partial charge on any atom is 0.573 e. The minimum atomic E-state index is -4.74. The summed E-state index contributed by atoms with van der Waals surface area (Å²) >= 11 is 0. The Morgan fingerprint density at radius 1 is 1.31 bits per heavy atom. The molecule has 0 aliphatic heterocycles. The highest BCUT2D eigenvalue weighted by Crippen LogP contribution is 2.28. The van der Waals surface area contributed by atoms with E-state index in [9.17, 15) is 13.2 Å². The summed E-state index contributed by atoms with van der Waals surface area (Å²) < 4.78 is 39.6. The van der Waals surface area contributed by atoms with Gasteiger partial charge in [0.25, 0.3) is 0 Å². The van der Waals surface area contributed by atoms with Gasteiger partial charge in [-0.25, -0.2) is 0 Å². The van der Waals surface area contributed by atoms with Crippen molar-refractivity contribution >= 4 is 5.69 Å². The van der Waals surface area contributed by atoms with Gasteiger partial charge in [-0.1, -0.05) is 0 Å². The van der Waals surface area contributed by atoms with E-state index in [1.54, 1.807) is 0 Å². The van der Waals surface area contributed by atoms with Crippen molar-refractivity contribution in [3.8, 4) is 5.75 Å². The van der Waals surface area contributed by atoms with Gasteiger partial charge in [-0.3, -0.25) is 0 Å². The van der Waals surface area contributed by atoms with Crippen LogP contribution in [0.4, 0.5) is 18.9 Å². The van der Waals surface area contributed by atoms with Gasteiger partial charge >= 0.3 is 6.36 Å². The fourth-order valence-corrected chi connectivity index (χ4v) is 1.20. The molecule has 1 atom stereocenters. The van der Waals surface area contributed by atoms with Crippen molar-refractivity contribution in [1.82, 2.24) is 0 Å². The van der Waals surface area contributed by atoms with E-state index in [4.69, 9.17) is 17.2 Å². The molecule has 0 spiro atoms. The van der Waals surface area contributed by atoms with Crippen molar-refractivity contribution in [2.45, 2.75) is 12.4 Å². The van der Waals surface area contributed by atoms with E-state index >= 15 is 0 Å². The number of nitrogen functional groups attached to an aromatic ring is 1. The zero-order valence-corrected chi connectivity index (χ0v) is 8.29. The molecule has 0 aliphatic carbocycles. The lowest BCUT2D eigenvalue weighted by molar-refractivity contribution is -0.274. The molecule has 6 N–H and O–H groups in total. The van der Waals surface area contributed by atoms with Crippen LogP contribution in [0.5, 0.6) is 5.75 Å². The summed E-state index contributed by atoms with van der Waals surface area (Å²) in [4.78, 5) is 0. The van der Waals surface area contributed by atoms with Crippen LogP contribution < -0.4 is 21.9 Å². The van der Waals surface area contributed by atoms with E-state index in [1.807, 2.05) is 0 Å². The number of nitrogens with two attached hydrogens (primary N) is 3. The summed E-state index contributed by atoms with van der Waals surface area (Å²) in [5, 5.41) is 0. The van der Waals surface area contributed by atoms with Gasteiger partial charge in [-0.15, -0.1) is 13.2 Å². The van der Waals surface area contributed by atoms with Gasteiger partial charge in [0.2, 0.25) is 0 Å². The highest BCUT2D eigenvalue weighted by Gasteiger charge is 2.31. The van der Waals surface area contributed by atoms with Crippen molar-refractivity contribution in [3.63, 3.8) is 0 Å². The smallest absolute Gasteiger partial charge is 0.406 e. The normalized spacial score (nSPS) is 13.6. The summed E-state index contributed by atoms with van der Waals surface area (Å²) in [7, 11) is 0. The third-order valence-electron chi connectivity index (χ3n) is 1.95. The second kappa shape index (κ2) is 4.58. The summed E-state index contributed by atoms with van der Waals surface area (Å²) in [5.74, 6) is -0.361. The van der Waals surface area contributed by atoms with Crippen LogP contribution in [0.1, 0.15) is 11.6 Å². The Hall–Kier alpha value is -1.47. The van der Waals surface area contributed by atoms with Crippen LogP contribution in [0.3, 0.4) is 0 Å². The van der Waals surface area contributed by atoms with Gasteiger partial charge < -0.3 is 21.9 Å². The van der Waals surface area contributed by atoms with Crippen LogP contribution in [0.15, 0.2) is 18.2 Å². The minimum Gasteiger partial charge on any atom is -0.406 e. The molecule has 0 aliphatic rings. The lowest BCUT2D eigenvalue weighted by Crippen LogP contribution is -2.22. The molecule has 0 saturated heterocycles. The second-order valence-corrected chi connectivity index (χ2v) is 3.18. The molecule has 90 valence electrons. The summed E-state index contributed by atoms with van der Waals surface area (Å²) in [6, 6.07) is 2.94. The quantitative estimate of drug-likeness (QED) is 0.685. The van der Waals surface area contributed by atoms with Gasteiger partial charge in [-0.2, -0.15) is 0 Å². The Kier molecular flexibility index (Phi) is 3.61.